The Morgan fingerprint density at radius 1 is 0.935 bits per heavy atom. The normalized spacial score (nSPS) is 16.6. The molecule has 3 heterocycles. The summed E-state index contributed by atoms with van der Waals surface area (Å²) in [5.74, 6) is -0.201. The van der Waals surface area contributed by atoms with Crippen LogP contribution >= 0.6 is 11.3 Å². The summed E-state index contributed by atoms with van der Waals surface area (Å²) >= 11 is 1.60. The summed E-state index contributed by atoms with van der Waals surface area (Å²) in [6.45, 7) is 13.0. The molecule has 0 radical (unpaired) electrons. The number of nitrogens with one attached hydrogen (secondary N) is 2. The number of thiazole rings is 1. The van der Waals surface area contributed by atoms with E-state index in [0.29, 0.717) is 51.6 Å². The third-order valence-electron chi connectivity index (χ3n) is 10.9. The van der Waals surface area contributed by atoms with Crippen LogP contribution in [0.15, 0.2) is 84.4 Å². The van der Waals surface area contributed by atoms with Crippen molar-refractivity contribution < 1.29 is 33.6 Å². The molecule has 0 bridgehead atoms. The van der Waals surface area contributed by atoms with Gasteiger partial charge in [-0.1, -0.05) is 70.2 Å². The lowest BCUT2D eigenvalue weighted by molar-refractivity contribution is -0.157. The van der Waals surface area contributed by atoms with E-state index in [4.69, 9.17) is 23.9 Å². The van der Waals surface area contributed by atoms with Crippen LogP contribution in [0.3, 0.4) is 0 Å². The molecule has 5 aromatic rings. The third kappa shape index (κ3) is 12.8. The fourth-order valence-corrected chi connectivity index (χ4v) is 8.07. The number of rotatable bonds is 21. The number of aliphatic hydroxyl groups is 1. The molecule has 332 valence electrons. The summed E-state index contributed by atoms with van der Waals surface area (Å²) in [5, 5.41) is 17.9. The minimum Gasteiger partial charge on any atom is -0.455 e. The molecule has 2 aromatic heterocycles. The van der Waals surface area contributed by atoms with Crippen molar-refractivity contribution in [1.29, 1.82) is 0 Å². The summed E-state index contributed by atoms with van der Waals surface area (Å²) in [6.07, 6.45) is -0.772. The number of hydrogen-bond acceptors (Lipinski definition) is 12. The topological polar surface area (TPSA) is 148 Å². The van der Waals surface area contributed by atoms with Gasteiger partial charge in [0.2, 0.25) is 5.91 Å². The van der Waals surface area contributed by atoms with Crippen LogP contribution in [0, 0.1) is 12.3 Å². The van der Waals surface area contributed by atoms with Crippen LogP contribution in [0.2, 0.25) is 0 Å². The van der Waals surface area contributed by atoms with Gasteiger partial charge >= 0.3 is 0 Å². The van der Waals surface area contributed by atoms with Gasteiger partial charge in [-0.15, -0.1) is 11.3 Å². The first-order valence-electron chi connectivity index (χ1n) is 21.4. The summed E-state index contributed by atoms with van der Waals surface area (Å²) in [4.78, 5) is 42.3. The molecule has 1 aliphatic heterocycles. The van der Waals surface area contributed by atoms with Crippen molar-refractivity contribution in [3.05, 3.63) is 95.6 Å². The van der Waals surface area contributed by atoms with Crippen molar-refractivity contribution in [2.45, 2.75) is 78.5 Å². The third-order valence-corrected chi connectivity index (χ3v) is 11.9. The molecule has 3 unspecified atom stereocenters. The van der Waals surface area contributed by atoms with Crippen LogP contribution in [-0.4, -0.2) is 116 Å². The quantitative estimate of drug-likeness (QED) is 0.0526. The van der Waals surface area contributed by atoms with Crippen molar-refractivity contribution in [1.82, 2.24) is 25.5 Å². The Balaban J connectivity index is 1.12. The number of hydrogen-bond donors (Lipinski definition) is 3. The number of aryl methyl sites for hydroxylation is 1. The molecule has 6 rings (SSSR count). The number of anilines is 1. The van der Waals surface area contributed by atoms with Gasteiger partial charge in [0.1, 0.15) is 5.75 Å². The molecular formula is C48H62N6O7S. The Hall–Kier alpha value is -4.96. The van der Waals surface area contributed by atoms with Gasteiger partial charge < -0.3 is 39.6 Å². The SMILES string of the molecule is CCCOCCOCCOC(Oc1ccc2nc(-c3ccc(N(C)C)cc3)ccc2c1)C(=O)N[C@H](CN1CC(O)CC1C(=O)NCc1ccc(-c2scnc2C)cc1)C(C)(C)C. The number of carbonyl (C=O) groups is 2. The van der Waals surface area contributed by atoms with E-state index in [9.17, 15) is 14.7 Å². The van der Waals surface area contributed by atoms with Crippen LogP contribution in [0.25, 0.3) is 32.6 Å². The maximum absolute atomic E-state index is 14.2. The lowest BCUT2D eigenvalue weighted by Crippen LogP contribution is -2.56. The lowest BCUT2D eigenvalue weighted by atomic mass is 9.86. The van der Waals surface area contributed by atoms with Gasteiger partial charge in [0.05, 0.1) is 65.9 Å². The first kappa shape index (κ1) is 46.5. The Labute approximate surface area is 369 Å². The number of carbonyl (C=O) groups excluding carboxylic acids is 2. The maximum Gasteiger partial charge on any atom is 0.289 e. The Morgan fingerprint density at radius 3 is 2.32 bits per heavy atom. The minimum atomic E-state index is -1.31. The van der Waals surface area contributed by atoms with Crippen LogP contribution < -0.4 is 20.3 Å². The molecule has 0 spiro atoms. The van der Waals surface area contributed by atoms with E-state index in [1.165, 1.54) is 0 Å². The number of β-amino-alcohol motifs (C(OH)–C–C–N with tert-alkyl or cyclic N) is 1. The van der Waals surface area contributed by atoms with Crippen LogP contribution in [0.4, 0.5) is 5.69 Å². The molecule has 14 heteroatoms. The molecule has 1 aliphatic rings. The van der Waals surface area contributed by atoms with Crippen LogP contribution in [0.1, 0.15) is 51.8 Å². The molecule has 62 heavy (non-hydrogen) atoms. The van der Waals surface area contributed by atoms with E-state index in [1.54, 1.807) is 17.4 Å². The number of aliphatic hydroxyl groups excluding tert-OH is 1. The zero-order valence-electron chi connectivity index (χ0n) is 37.1. The van der Waals surface area contributed by atoms with Gasteiger partial charge in [-0.05, 0) is 72.7 Å². The number of ether oxygens (including phenoxy) is 4. The fourth-order valence-electron chi connectivity index (χ4n) is 7.26. The van der Waals surface area contributed by atoms with Gasteiger partial charge in [-0.25, -0.2) is 9.97 Å². The van der Waals surface area contributed by atoms with Crippen molar-refractivity contribution in [3.8, 4) is 27.4 Å². The predicted octanol–water partition coefficient (Wildman–Crippen LogP) is 6.85. The summed E-state index contributed by atoms with van der Waals surface area (Å²) < 4.78 is 23.6. The van der Waals surface area contributed by atoms with Gasteiger partial charge in [0.15, 0.2) is 0 Å². The number of nitrogens with zero attached hydrogens (tertiary/aromatic N) is 4. The molecule has 0 saturated carbocycles. The van der Waals surface area contributed by atoms with E-state index in [1.807, 2.05) is 101 Å². The van der Waals surface area contributed by atoms with Gasteiger partial charge in [-0.3, -0.25) is 14.5 Å². The monoisotopic (exact) mass is 866 g/mol. The van der Waals surface area contributed by atoms with Crippen molar-refractivity contribution >= 4 is 39.7 Å². The second-order valence-electron chi connectivity index (χ2n) is 17.0. The minimum absolute atomic E-state index is 0.103. The smallest absolute Gasteiger partial charge is 0.289 e. The number of pyridine rings is 1. The molecule has 1 fully saturated rings. The Morgan fingerprint density at radius 2 is 1.65 bits per heavy atom. The summed E-state index contributed by atoms with van der Waals surface area (Å²) in [6, 6.07) is 24.8. The number of fused-ring (bicyclic) bond motifs is 1. The maximum atomic E-state index is 14.2. The summed E-state index contributed by atoms with van der Waals surface area (Å²) in [5.41, 5.74) is 8.20. The Kier molecular flexibility index (Phi) is 16.4. The number of amides is 2. The molecule has 13 nitrogen and oxygen atoms in total. The average molecular weight is 867 g/mol. The molecule has 3 aromatic carbocycles. The zero-order valence-corrected chi connectivity index (χ0v) is 37.9. The van der Waals surface area contributed by atoms with Crippen LogP contribution in [0.5, 0.6) is 5.75 Å². The molecule has 4 atom stereocenters. The molecule has 2 amide bonds. The van der Waals surface area contributed by atoms with E-state index in [0.717, 1.165) is 56.0 Å². The average Bonchev–Trinajstić information content (AvgIpc) is 3.86. The first-order valence-corrected chi connectivity index (χ1v) is 22.3. The van der Waals surface area contributed by atoms with Crippen molar-refractivity contribution in [2.75, 3.05) is 65.1 Å². The van der Waals surface area contributed by atoms with Gasteiger partial charge in [0, 0.05) is 63.0 Å². The van der Waals surface area contributed by atoms with E-state index >= 15 is 0 Å². The number of aromatic nitrogens is 2. The highest BCUT2D eigenvalue weighted by Gasteiger charge is 2.40. The molecule has 1 saturated heterocycles. The molecule has 3 N–H and O–H groups in total. The highest BCUT2D eigenvalue weighted by atomic mass is 32.1. The predicted molar refractivity (Wildman–Crippen MR) is 245 cm³/mol. The molecule has 0 aliphatic carbocycles. The zero-order chi connectivity index (χ0) is 44.2. The highest BCUT2D eigenvalue weighted by Crippen LogP contribution is 2.29. The van der Waals surface area contributed by atoms with E-state index in [2.05, 4.69) is 51.7 Å². The fraction of sp³-hybridized carbons (Fsp3) is 0.458. The Bertz CT molecular complexity index is 2210. The van der Waals surface area contributed by atoms with Gasteiger partial charge in [0.25, 0.3) is 12.2 Å². The van der Waals surface area contributed by atoms with Crippen molar-refractivity contribution in [2.24, 2.45) is 5.41 Å². The molecular weight excluding hydrogens is 805 g/mol. The number of benzene rings is 3. The first-order chi connectivity index (χ1) is 29.8. The van der Waals surface area contributed by atoms with Crippen LogP contribution in [-0.2, 0) is 30.3 Å². The highest BCUT2D eigenvalue weighted by molar-refractivity contribution is 7.13. The lowest BCUT2D eigenvalue weighted by Gasteiger charge is -2.37. The largest absolute Gasteiger partial charge is 0.455 e. The standard InChI is InChI=1S/C48H62N6O7S/c1-8-21-58-22-23-59-24-25-60-47(61-39-18-20-41-36(26-39)15-19-40(51-41)34-13-16-37(17-14-34)53(6)7)46(57)52-43(48(3,4)5)30-54-29-38(55)27-42(54)45(56)49-28-33-9-11-35(12-10-33)44-32(2)50-31-62-44/h9-20,26,31,38,42-43,47,55H,8,21-25,27-30H2,1-7H3,(H,49,56)(H,52,57)/t38?,42?,43-,47?/m1/s1. The number of likely N-dealkylation sites (tertiary alicyclic amines) is 1. The second-order valence-corrected chi connectivity index (χ2v) is 17.9. The van der Waals surface area contributed by atoms with E-state index < -0.39 is 35.8 Å². The van der Waals surface area contributed by atoms with Crippen molar-refractivity contribution in [3.63, 3.8) is 0 Å². The van der Waals surface area contributed by atoms with E-state index in [-0.39, 0.29) is 19.1 Å². The summed E-state index contributed by atoms with van der Waals surface area (Å²) in [7, 11) is 4.02. The van der Waals surface area contributed by atoms with Gasteiger partial charge in [-0.2, -0.15) is 0 Å². The second kappa shape index (κ2) is 21.9.